The van der Waals surface area contributed by atoms with E-state index in [9.17, 15) is 0 Å². The van der Waals surface area contributed by atoms with E-state index in [2.05, 4.69) is 201 Å². The molecule has 0 saturated heterocycles. The van der Waals surface area contributed by atoms with Crippen molar-refractivity contribution in [3.8, 4) is 34.4 Å². The van der Waals surface area contributed by atoms with Crippen molar-refractivity contribution in [2.75, 3.05) is 0 Å². The molecule has 13 aromatic rings. The van der Waals surface area contributed by atoms with E-state index in [1.165, 1.54) is 27.1 Å². The molecular weight excluding hydrogens is 761 g/mol. The Labute approximate surface area is 355 Å². The molecule has 0 radical (unpaired) electrons. The van der Waals surface area contributed by atoms with E-state index in [-0.39, 0.29) is 0 Å². The normalized spacial score (nSPS) is 12.0. The summed E-state index contributed by atoms with van der Waals surface area (Å²) >= 11 is 0. The highest BCUT2D eigenvalue weighted by Gasteiger charge is 2.29. The van der Waals surface area contributed by atoms with Crippen LogP contribution in [0.25, 0.3) is 99.3 Å². The summed E-state index contributed by atoms with van der Waals surface area (Å²) < 4.78 is 18.2. The molecule has 0 aliphatic heterocycles. The molecule has 7 heteroatoms. The molecule has 0 aliphatic carbocycles. The van der Waals surface area contributed by atoms with E-state index in [4.69, 9.17) is 9.72 Å². The number of hydrogen-bond acceptors (Lipinski definition) is 2. The van der Waals surface area contributed by atoms with Crippen LogP contribution in [0, 0.1) is 6.33 Å². The van der Waals surface area contributed by atoms with Crippen molar-refractivity contribution in [1.29, 1.82) is 0 Å². The summed E-state index contributed by atoms with van der Waals surface area (Å²) in [4.78, 5) is 5.06. The molecule has 5 aromatic heterocycles. The number of benzene rings is 8. The van der Waals surface area contributed by atoms with E-state index in [0.29, 0.717) is 0 Å². The molecule has 0 amide bonds. The van der Waals surface area contributed by atoms with Gasteiger partial charge >= 0.3 is 0 Å². The van der Waals surface area contributed by atoms with Crippen LogP contribution in [0.5, 0.6) is 11.5 Å². The molecule has 292 valence electrons. The number of rotatable bonds is 6. The van der Waals surface area contributed by atoms with E-state index in [0.717, 1.165) is 83.8 Å². The fourth-order valence-electron chi connectivity index (χ4n) is 9.87. The number of pyridine rings is 1. The Morgan fingerprint density at radius 1 is 0.452 bits per heavy atom. The summed E-state index contributed by atoms with van der Waals surface area (Å²) in [5.41, 5.74) is 12.0. The Bertz CT molecular complexity index is 3890. The van der Waals surface area contributed by atoms with Crippen LogP contribution in [0.4, 0.5) is 0 Å². The van der Waals surface area contributed by atoms with Crippen LogP contribution < -0.4 is 9.30 Å². The van der Waals surface area contributed by atoms with Crippen molar-refractivity contribution in [2.24, 2.45) is 7.05 Å². The molecule has 0 atom stereocenters. The van der Waals surface area contributed by atoms with Crippen molar-refractivity contribution >= 4 is 76.5 Å². The van der Waals surface area contributed by atoms with Gasteiger partial charge < -0.3 is 23.0 Å². The van der Waals surface area contributed by atoms with Crippen LogP contribution in [-0.2, 0) is 7.05 Å². The number of aryl methyl sites for hydroxylation is 1. The quantitative estimate of drug-likeness (QED) is 0.124. The number of aromatic nitrogens is 6. The second kappa shape index (κ2) is 13.3. The third kappa shape index (κ3) is 4.93. The number of imidazole rings is 1. The van der Waals surface area contributed by atoms with Gasteiger partial charge in [-0.25, -0.2) is 4.98 Å². The molecule has 8 aromatic carbocycles. The van der Waals surface area contributed by atoms with Gasteiger partial charge in [0.1, 0.15) is 17.3 Å². The van der Waals surface area contributed by atoms with Crippen molar-refractivity contribution in [3.63, 3.8) is 0 Å². The third-order valence-electron chi connectivity index (χ3n) is 12.4. The standard InChI is InChI=1S/C55H36N6O/c1-57-35-58(47-28-13-12-27-46(47)57)38-21-16-22-39(33-38)62-40-30-31-43-48(34-40)61(49-29-14-15-32-56-49)54-51(43)50-41-23-8-10-25-44(41)59(36-17-4-2-5-18-36)53(50)52-42-24-9-11-26-45(42)60(55(52)54)37-19-6-3-7-20-37/h2-34H,1H3. The summed E-state index contributed by atoms with van der Waals surface area (Å²) in [5.74, 6) is 2.28. The largest absolute Gasteiger partial charge is 0.458 e. The predicted octanol–water partition coefficient (Wildman–Crippen LogP) is 12.7. The van der Waals surface area contributed by atoms with Crippen LogP contribution in [0.2, 0.25) is 0 Å². The predicted molar refractivity (Wildman–Crippen MR) is 251 cm³/mol. The zero-order chi connectivity index (χ0) is 40.9. The molecule has 0 bridgehead atoms. The maximum atomic E-state index is 6.83. The lowest BCUT2D eigenvalue weighted by atomic mass is 10.0. The zero-order valence-electron chi connectivity index (χ0n) is 33.6. The highest BCUT2D eigenvalue weighted by Crippen LogP contribution is 2.50. The Kier molecular flexibility index (Phi) is 7.39. The van der Waals surface area contributed by atoms with Gasteiger partial charge in [0, 0.05) is 56.0 Å². The van der Waals surface area contributed by atoms with Gasteiger partial charge in [0.15, 0.2) is 0 Å². The maximum Gasteiger partial charge on any atom is 0.244 e. The van der Waals surface area contributed by atoms with Crippen molar-refractivity contribution in [3.05, 3.63) is 207 Å². The number of ether oxygens (including phenoxy) is 1. The van der Waals surface area contributed by atoms with Gasteiger partial charge in [0.25, 0.3) is 0 Å². The van der Waals surface area contributed by atoms with Gasteiger partial charge in [-0.3, -0.25) is 4.57 Å². The van der Waals surface area contributed by atoms with Crippen LogP contribution in [0.1, 0.15) is 0 Å². The van der Waals surface area contributed by atoms with Crippen LogP contribution in [0.3, 0.4) is 0 Å². The fraction of sp³-hybridized carbons (Fsp3) is 0.0182. The topological polar surface area (TPSA) is 45.7 Å². The first-order valence-corrected chi connectivity index (χ1v) is 20.9. The maximum absolute atomic E-state index is 6.83. The van der Waals surface area contributed by atoms with Gasteiger partial charge in [-0.15, -0.1) is 0 Å². The van der Waals surface area contributed by atoms with Crippen molar-refractivity contribution in [1.82, 2.24) is 23.3 Å². The lowest BCUT2D eigenvalue weighted by Gasteiger charge is -2.14. The van der Waals surface area contributed by atoms with Gasteiger partial charge in [-0.2, -0.15) is 0 Å². The van der Waals surface area contributed by atoms with Gasteiger partial charge in [-0.05, 0) is 72.8 Å². The molecule has 0 aliphatic rings. The minimum Gasteiger partial charge on any atom is -0.458 e. The lowest BCUT2D eigenvalue weighted by molar-refractivity contribution is -0.572. The minimum absolute atomic E-state index is 0.726. The second-order valence-corrected chi connectivity index (χ2v) is 15.8. The van der Waals surface area contributed by atoms with Crippen molar-refractivity contribution < 1.29 is 9.30 Å². The Morgan fingerprint density at radius 3 is 1.76 bits per heavy atom. The average molecular weight is 797 g/mol. The Morgan fingerprint density at radius 2 is 1.03 bits per heavy atom. The number of hydrogen-bond donors (Lipinski definition) is 0. The smallest absolute Gasteiger partial charge is 0.244 e. The highest BCUT2D eigenvalue weighted by molar-refractivity contribution is 6.40. The lowest BCUT2D eigenvalue weighted by Crippen LogP contribution is -2.29. The number of fused-ring (bicyclic) bond motifs is 13. The molecular formula is C55H36N6O. The van der Waals surface area contributed by atoms with E-state index in [1.54, 1.807) is 0 Å². The first kappa shape index (κ1) is 34.4. The molecule has 0 spiro atoms. The molecule has 7 nitrogen and oxygen atoms in total. The molecule has 5 heterocycles. The summed E-state index contributed by atoms with van der Waals surface area (Å²) in [6.45, 7) is 0. The molecule has 0 N–H and O–H groups in total. The van der Waals surface area contributed by atoms with E-state index in [1.807, 2.05) is 36.0 Å². The van der Waals surface area contributed by atoms with Gasteiger partial charge in [-0.1, -0.05) is 115 Å². The zero-order valence-corrected chi connectivity index (χ0v) is 33.6. The van der Waals surface area contributed by atoms with Crippen LogP contribution in [0.15, 0.2) is 200 Å². The fourth-order valence-corrected chi connectivity index (χ4v) is 9.87. The molecule has 62 heavy (non-hydrogen) atoms. The number of para-hydroxylation sites is 6. The Hall–Kier alpha value is -8.42. The highest BCUT2D eigenvalue weighted by atomic mass is 16.5. The van der Waals surface area contributed by atoms with Crippen LogP contribution >= 0.6 is 0 Å². The van der Waals surface area contributed by atoms with Gasteiger partial charge in [0.05, 0.1) is 56.9 Å². The summed E-state index contributed by atoms with van der Waals surface area (Å²) in [6.07, 6.45) is 5.35. The minimum atomic E-state index is 0.726. The summed E-state index contributed by atoms with van der Waals surface area (Å²) in [5, 5.41) is 7.03. The van der Waals surface area contributed by atoms with Crippen LogP contribution in [-0.4, -0.2) is 23.3 Å². The van der Waals surface area contributed by atoms with E-state index < -0.39 is 0 Å². The molecule has 0 saturated carbocycles. The number of nitrogens with zero attached hydrogens (tertiary/aromatic N) is 6. The summed E-state index contributed by atoms with van der Waals surface area (Å²) in [6, 6.07) is 68.4. The van der Waals surface area contributed by atoms with E-state index >= 15 is 0 Å². The molecule has 0 fully saturated rings. The summed E-state index contributed by atoms with van der Waals surface area (Å²) in [7, 11) is 2.02. The first-order chi connectivity index (χ1) is 30.7. The van der Waals surface area contributed by atoms with Crippen molar-refractivity contribution in [2.45, 2.75) is 0 Å². The Balaban J connectivity index is 1.17. The second-order valence-electron chi connectivity index (χ2n) is 15.8. The molecule has 0 unspecified atom stereocenters. The monoisotopic (exact) mass is 796 g/mol. The third-order valence-corrected chi connectivity index (χ3v) is 12.4. The molecule has 13 rings (SSSR count). The first-order valence-electron chi connectivity index (χ1n) is 20.9. The van der Waals surface area contributed by atoms with Gasteiger partial charge in [0.2, 0.25) is 6.33 Å². The SMILES string of the molecule is Cn1[c-][n+](-c2cccc(Oc3ccc4c5c6c7ccccc7n(-c7ccccc7)c6c6c7ccccc7n(-c7ccccc7)c6c5n(-c5ccccn5)c4c3)c2)c2ccccc21. The average Bonchev–Trinajstić information content (AvgIpc) is 4.06.